The second-order valence-corrected chi connectivity index (χ2v) is 3.24. The first kappa shape index (κ1) is 9.12. The van der Waals surface area contributed by atoms with Gasteiger partial charge in [-0.15, -0.1) is 0 Å². The molecule has 0 radical (unpaired) electrons. The van der Waals surface area contributed by atoms with Gasteiger partial charge in [-0.1, -0.05) is 19.3 Å². The summed E-state index contributed by atoms with van der Waals surface area (Å²) < 4.78 is 4.42. The number of carbonyl (C=O) groups is 1. The van der Waals surface area contributed by atoms with E-state index < -0.39 is 5.97 Å². The molecule has 1 atom stereocenters. The fourth-order valence-electron chi connectivity index (χ4n) is 1.28. The van der Waals surface area contributed by atoms with Crippen LogP contribution in [0.15, 0.2) is 0 Å². The van der Waals surface area contributed by atoms with Crippen molar-refractivity contribution in [2.45, 2.75) is 26.2 Å². The summed E-state index contributed by atoms with van der Waals surface area (Å²) in [7, 11) is 1.35. The predicted octanol–water partition coefficient (Wildman–Crippen LogP) is 1.60. The van der Waals surface area contributed by atoms with Crippen LogP contribution in [0.2, 0.25) is 0 Å². The van der Waals surface area contributed by atoms with Crippen LogP contribution in [-0.4, -0.2) is 13.1 Å². The molecule has 0 aromatic carbocycles. The summed E-state index contributed by atoms with van der Waals surface area (Å²) in [6.45, 7) is 2.07. The van der Waals surface area contributed by atoms with Crippen LogP contribution in [0.1, 0.15) is 26.2 Å². The molecule has 1 fully saturated rings. The van der Waals surface area contributed by atoms with Crippen molar-refractivity contribution in [1.29, 1.82) is 0 Å². The Hall–Kier alpha value is -0.970. The molecule has 0 aromatic rings. The first-order chi connectivity index (χ1) is 5.74. The molecule has 1 unspecified atom stereocenters. The van der Waals surface area contributed by atoms with E-state index in [-0.39, 0.29) is 0 Å². The molecule has 0 bridgehead atoms. The number of carbonyl (C=O) groups excluding carboxylic acids is 1. The maximum atomic E-state index is 10.6. The molecule has 12 heavy (non-hydrogen) atoms. The Morgan fingerprint density at radius 3 is 2.67 bits per heavy atom. The summed E-state index contributed by atoms with van der Waals surface area (Å²) in [6, 6.07) is 0. The monoisotopic (exact) mass is 166 g/mol. The van der Waals surface area contributed by atoms with Crippen LogP contribution in [0.3, 0.4) is 0 Å². The minimum atomic E-state index is -0.429. The lowest BCUT2D eigenvalue weighted by Gasteiger charge is -2.28. The van der Waals surface area contributed by atoms with Gasteiger partial charge in [-0.05, 0) is 18.8 Å². The van der Waals surface area contributed by atoms with Crippen LogP contribution in [0.4, 0.5) is 0 Å². The van der Waals surface area contributed by atoms with Crippen LogP contribution >= 0.6 is 0 Å². The van der Waals surface area contributed by atoms with E-state index in [1.165, 1.54) is 26.4 Å². The van der Waals surface area contributed by atoms with Gasteiger partial charge in [0.15, 0.2) is 0 Å². The van der Waals surface area contributed by atoms with E-state index in [1.54, 1.807) is 0 Å². The highest BCUT2D eigenvalue weighted by atomic mass is 16.5. The van der Waals surface area contributed by atoms with Gasteiger partial charge in [0.2, 0.25) is 0 Å². The Kier molecular flexibility index (Phi) is 3.16. The average molecular weight is 166 g/mol. The standard InChI is InChI=1S/C10H14O2/c1-8(9-4-3-5-9)6-7-10(11)12-2/h8-9H,3-5H2,1-2H3. The smallest absolute Gasteiger partial charge is 0.384 e. The fourth-order valence-corrected chi connectivity index (χ4v) is 1.28. The number of ether oxygens (including phenoxy) is 1. The molecule has 66 valence electrons. The lowest BCUT2D eigenvalue weighted by atomic mass is 9.77. The Bertz CT molecular complexity index is 218. The molecular formula is C10H14O2. The minimum Gasteiger partial charge on any atom is -0.459 e. The van der Waals surface area contributed by atoms with E-state index in [0.717, 1.165) is 0 Å². The van der Waals surface area contributed by atoms with E-state index >= 15 is 0 Å². The summed E-state index contributed by atoms with van der Waals surface area (Å²) >= 11 is 0. The molecule has 0 aliphatic heterocycles. The predicted molar refractivity (Wildman–Crippen MR) is 46.3 cm³/mol. The molecule has 2 heteroatoms. The van der Waals surface area contributed by atoms with Gasteiger partial charge in [0, 0.05) is 11.8 Å². The Morgan fingerprint density at radius 2 is 2.25 bits per heavy atom. The SMILES string of the molecule is COC(=O)C#CC(C)C1CCC1. The second-order valence-electron chi connectivity index (χ2n) is 3.24. The number of hydrogen-bond donors (Lipinski definition) is 0. The van der Waals surface area contributed by atoms with E-state index in [1.807, 2.05) is 0 Å². The molecule has 1 rings (SSSR count). The summed E-state index contributed by atoms with van der Waals surface area (Å²) in [6.07, 6.45) is 3.84. The van der Waals surface area contributed by atoms with Crippen LogP contribution in [-0.2, 0) is 9.53 Å². The molecule has 0 heterocycles. The van der Waals surface area contributed by atoms with Crippen LogP contribution in [0.5, 0.6) is 0 Å². The lowest BCUT2D eigenvalue weighted by Crippen LogP contribution is -2.18. The van der Waals surface area contributed by atoms with E-state index in [9.17, 15) is 4.79 Å². The molecule has 0 N–H and O–H groups in total. The molecule has 0 spiro atoms. The van der Waals surface area contributed by atoms with Crippen molar-refractivity contribution in [3.63, 3.8) is 0 Å². The average Bonchev–Trinajstić information content (AvgIpc) is 1.97. The number of esters is 1. The minimum absolute atomic E-state index is 0.345. The van der Waals surface area contributed by atoms with Gasteiger partial charge in [0.05, 0.1) is 7.11 Å². The summed E-state index contributed by atoms with van der Waals surface area (Å²) in [5.41, 5.74) is 0. The lowest BCUT2D eigenvalue weighted by molar-refractivity contribution is -0.133. The zero-order valence-corrected chi connectivity index (χ0v) is 7.59. The third-order valence-corrected chi connectivity index (χ3v) is 2.44. The van der Waals surface area contributed by atoms with Gasteiger partial charge in [-0.25, -0.2) is 4.79 Å². The molecule has 1 saturated carbocycles. The Morgan fingerprint density at radius 1 is 1.58 bits per heavy atom. The van der Waals surface area contributed by atoms with E-state index in [2.05, 4.69) is 23.5 Å². The van der Waals surface area contributed by atoms with Crippen molar-refractivity contribution >= 4 is 5.97 Å². The number of hydrogen-bond acceptors (Lipinski definition) is 2. The van der Waals surface area contributed by atoms with Crippen LogP contribution < -0.4 is 0 Å². The van der Waals surface area contributed by atoms with Crippen LogP contribution in [0.25, 0.3) is 0 Å². The van der Waals surface area contributed by atoms with Gasteiger partial charge >= 0.3 is 5.97 Å². The Balaban J connectivity index is 2.35. The van der Waals surface area contributed by atoms with Gasteiger partial charge in [0.25, 0.3) is 0 Å². The molecule has 1 aliphatic carbocycles. The number of rotatable bonds is 1. The first-order valence-electron chi connectivity index (χ1n) is 4.33. The van der Waals surface area contributed by atoms with Gasteiger partial charge in [-0.2, -0.15) is 0 Å². The third kappa shape index (κ3) is 2.27. The summed E-state index contributed by atoms with van der Waals surface area (Å²) in [5.74, 6) is 6.01. The highest BCUT2D eigenvalue weighted by Gasteiger charge is 2.22. The zero-order valence-electron chi connectivity index (χ0n) is 7.59. The largest absolute Gasteiger partial charge is 0.459 e. The normalized spacial score (nSPS) is 18.5. The summed E-state index contributed by atoms with van der Waals surface area (Å²) in [5, 5.41) is 0. The van der Waals surface area contributed by atoms with Crippen molar-refractivity contribution in [1.82, 2.24) is 0 Å². The van der Waals surface area contributed by atoms with Crippen molar-refractivity contribution in [2.75, 3.05) is 7.11 Å². The second kappa shape index (κ2) is 4.15. The van der Waals surface area contributed by atoms with Gasteiger partial charge < -0.3 is 4.74 Å². The van der Waals surface area contributed by atoms with E-state index in [4.69, 9.17) is 0 Å². The van der Waals surface area contributed by atoms with Crippen molar-refractivity contribution in [2.24, 2.45) is 11.8 Å². The molecule has 0 aromatic heterocycles. The topological polar surface area (TPSA) is 26.3 Å². The highest BCUT2D eigenvalue weighted by molar-refractivity contribution is 5.88. The maximum absolute atomic E-state index is 10.6. The number of methoxy groups -OCH3 is 1. The van der Waals surface area contributed by atoms with Crippen LogP contribution in [0, 0.1) is 23.7 Å². The molecule has 0 saturated heterocycles. The quantitative estimate of drug-likeness (QED) is 0.336. The third-order valence-electron chi connectivity index (χ3n) is 2.44. The van der Waals surface area contributed by atoms with Crippen molar-refractivity contribution in [3.8, 4) is 11.8 Å². The molecular weight excluding hydrogens is 152 g/mol. The fraction of sp³-hybridized carbons (Fsp3) is 0.700. The van der Waals surface area contributed by atoms with Crippen molar-refractivity contribution < 1.29 is 9.53 Å². The summed E-state index contributed by atoms with van der Waals surface area (Å²) in [4.78, 5) is 10.6. The van der Waals surface area contributed by atoms with Gasteiger partial charge in [-0.3, -0.25) is 0 Å². The van der Waals surface area contributed by atoms with E-state index in [0.29, 0.717) is 11.8 Å². The highest BCUT2D eigenvalue weighted by Crippen LogP contribution is 2.32. The zero-order chi connectivity index (χ0) is 8.97. The molecule has 1 aliphatic rings. The van der Waals surface area contributed by atoms with Crippen molar-refractivity contribution in [3.05, 3.63) is 0 Å². The Labute approximate surface area is 73.3 Å². The maximum Gasteiger partial charge on any atom is 0.384 e. The molecule has 0 amide bonds. The van der Waals surface area contributed by atoms with Gasteiger partial charge in [0.1, 0.15) is 0 Å². The first-order valence-corrected chi connectivity index (χ1v) is 4.33. The molecule has 2 nitrogen and oxygen atoms in total.